The minimum absolute atomic E-state index is 0.131. The summed E-state index contributed by atoms with van der Waals surface area (Å²) < 4.78 is 0. The maximum atomic E-state index is 11.0. The molecule has 0 heterocycles. The fourth-order valence-electron chi connectivity index (χ4n) is 1.11. The van der Waals surface area contributed by atoms with Crippen LogP contribution in [0.25, 0.3) is 0 Å². The Labute approximate surface area is 107 Å². The van der Waals surface area contributed by atoms with Crippen molar-refractivity contribution < 1.29 is 14.8 Å². The van der Waals surface area contributed by atoms with Crippen molar-refractivity contribution in [2.45, 2.75) is 0 Å². The Hall–Kier alpha value is -2.35. The highest BCUT2D eigenvalue weighted by Crippen LogP contribution is 2.09. The third kappa shape index (κ3) is 4.66. The lowest BCUT2D eigenvalue weighted by Crippen LogP contribution is -2.74. The van der Waals surface area contributed by atoms with Gasteiger partial charge in [0.25, 0.3) is 0 Å². The number of anilines is 1. The second-order valence-corrected chi connectivity index (χ2v) is 3.43. The van der Waals surface area contributed by atoms with E-state index in [1.807, 2.05) is 0 Å². The molecule has 5 N–H and O–H groups in total. The van der Waals surface area contributed by atoms with E-state index < -0.39 is 5.03 Å². The number of hydrogen-bond donors (Lipinski definition) is 4. The summed E-state index contributed by atoms with van der Waals surface area (Å²) >= 11 is 5.33. The highest BCUT2D eigenvalue weighted by atomic mass is 35.5. The van der Waals surface area contributed by atoms with Crippen LogP contribution in [-0.2, 0) is 4.79 Å². The first kappa shape index (κ1) is 13.7. The third-order valence-corrected chi connectivity index (χ3v) is 2.02. The number of alkyl halides is 1. The number of carbonyl (C=O) groups is 1. The molecule has 0 radical (unpaired) electrons. The summed E-state index contributed by atoms with van der Waals surface area (Å²) in [6, 6.07) is 6.40. The van der Waals surface area contributed by atoms with Crippen LogP contribution >= 0.6 is 11.6 Å². The van der Waals surface area contributed by atoms with Gasteiger partial charge in [0.05, 0.1) is 5.69 Å². The number of guanidine groups is 1. The van der Waals surface area contributed by atoms with Gasteiger partial charge in [-0.15, -0.1) is 11.6 Å². The molecule has 0 saturated heterocycles. The highest BCUT2D eigenvalue weighted by Gasteiger charge is 2.07. The van der Waals surface area contributed by atoms with E-state index in [1.54, 1.807) is 29.7 Å². The Kier molecular flexibility index (Phi) is 4.88. The van der Waals surface area contributed by atoms with Crippen LogP contribution in [-0.4, -0.2) is 22.8 Å². The monoisotopic (exact) mass is 272 g/mol. The summed E-state index contributed by atoms with van der Waals surface area (Å²) in [4.78, 5) is 23.7. The number of nitro groups is 1. The van der Waals surface area contributed by atoms with E-state index in [4.69, 9.17) is 17.3 Å². The van der Waals surface area contributed by atoms with Gasteiger partial charge in [-0.25, -0.2) is 15.1 Å². The van der Waals surface area contributed by atoms with E-state index in [-0.39, 0.29) is 17.7 Å². The Morgan fingerprint density at radius 3 is 2.56 bits per heavy atom. The fourth-order valence-corrected chi connectivity index (χ4v) is 1.18. The second kappa shape index (κ2) is 6.40. The van der Waals surface area contributed by atoms with E-state index in [2.05, 4.69) is 10.3 Å². The van der Waals surface area contributed by atoms with Crippen molar-refractivity contribution in [1.82, 2.24) is 5.43 Å². The molecule has 1 aromatic carbocycles. The summed E-state index contributed by atoms with van der Waals surface area (Å²) in [5, 5.41) is 11.9. The van der Waals surface area contributed by atoms with Gasteiger partial charge in [0, 0.05) is 11.1 Å². The van der Waals surface area contributed by atoms with Crippen molar-refractivity contribution >= 4 is 34.8 Å². The predicted octanol–water partition coefficient (Wildman–Crippen LogP) is -1.33. The van der Waals surface area contributed by atoms with Crippen LogP contribution in [0.2, 0.25) is 0 Å². The molecule has 1 rings (SSSR count). The van der Waals surface area contributed by atoms with E-state index in [0.29, 0.717) is 11.4 Å². The number of rotatable bonds is 4. The molecule has 8 nitrogen and oxygen atoms in total. The molecule has 0 aromatic heterocycles. The molecule has 1 aromatic rings. The van der Waals surface area contributed by atoms with E-state index in [9.17, 15) is 14.9 Å². The molecule has 0 aliphatic rings. The van der Waals surface area contributed by atoms with Crippen molar-refractivity contribution in [3.05, 3.63) is 34.4 Å². The van der Waals surface area contributed by atoms with Gasteiger partial charge in [0.15, 0.2) is 0 Å². The van der Waals surface area contributed by atoms with Crippen molar-refractivity contribution in [2.75, 3.05) is 11.2 Å². The topological polar surface area (TPSA) is 124 Å². The summed E-state index contributed by atoms with van der Waals surface area (Å²) in [7, 11) is 0. The van der Waals surface area contributed by atoms with Crippen LogP contribution in [0.15, 0.2) is 24.3 Å². The Morgan fingerprint density at radius 1 is 1.44 bits per heavy atom. The number of amides is 1. The van der Waals surface area contributed by atoms with Gasteiger partial charge in [-0.05, 0) is 24.3 Å². The van der Waals surface area contributed by atoms with Gasteiger partial charge in [0.2, 0.25) is 10.9 Å². The van der Waals surface area contributed by atoms with Crippen molar-refractivity contribution in [1.29, 1.82) is 0 Å². The average Bonchev–Trinajstić information content (AvgIpc) is 2.30. The molecule has 0 atom stereocenters. The van der Waals surface area contributed by atoms with Crippen LogP contribution in [0.1, 0.15) is 0 Å². The van der Waals surface area contributed by atoms with Crippen LogP contribution in [0, 0.1) is 10.1 Å². The van der Waals surface area contributed by atoms with Crippen LogP contribution < -0.4 is 21.5 Å². The molecule has 96 valence electrons. The van der Waals surface area contributed by atoms with Gasteiger partial charge < -0.3 is 5.32 Å². The normalized spacial score (nSPS) is 10.8. The summed E-state index contributed by atoms with van der Waals surface area (Å²) in [5.74, 6) is -0.663. The standard InChI is InChI=1S/C9H10ClN5O3/c10-5-8(16)12-6-1-3-7(4-2-6)13-9(11)14-15(17)18/h1-4H,5H2,(H,12,16)(H3,11,13,14)/p+1. The van der Waals surface area contributed by atoms with Crippen molar-refractivity contribution in [3.8, 4) is 0 Å². The van der Waals surface area contributed by atoms with E-state index in [0.717, 1.165) is 0 Å². The lowest BCUT2D eigenvalue weighted by atomic mass is 10.3. The molecule has 0 spiro atoms. The summed E-state index contributed by atoms with van der Waals surface area (Å²) in [6.07, 6.45) is 0. The van der Waals surface area contributed by atoms with Crippen LogP contribution in [0.3, 0.4) is 0 Å². The predicted molar refractivity (Wildman–Crippen MR) is 65.7 cm³/mol. The molecule has 0 fully saturated rings. The number of benzene rings is 1. The molecule has 1 amide bonds. The lowest BCUT2D eigenvalue weighted by molar-refractivity contribution is -0.536. The van der Waals surface area contributed by atoms with Gasteiger partial charge in [0.1, 0.15) is 5.88 Å². The van der Waals surface area contributed by atoms with Crippen LogP contribution in [0.4, 0.5) is 11.4 Å². The number of hydrogen-bond acceptors (Lipinski definition) is 3. The van der Waals surface area contributed by atoms with Crippen LogP contribution in [0.5, 0.6) is 0 Å². The van der Waals surface area contributed by atoms with Gasteiger partial charge in [-0.2, -0.15) is 0 Å². The van der Waals surface area contributed by atoms with Gasteiger partial charge in [-0.3, -0.25) is 10.5 Å². The summed E-state index contributed by atoms with van der Waals surface area (Å²) in [5.41, 5.74) is 8.17. The van der Waals surface area contributed by atoms with Crippen molar-refractivity contribution in [3.63, 3.8) is 0 Å². The lowest BCUT2D eigenvalue weighted by Gasteiger charge is -2.02. The zero-order valence-corrected chi connectivity index (χ0v) is 9.90. The number of nitrogens with two attached hydrogens (primary N) is 1. The van der Waals surface area contributed by atoms with Gasteiger partial charge in [-0.1, -0.05) is 0 Å². The minimum atomic E-state index is -0.780. The number of hydrazine groups is 1. The molecule has 0 aliphatic carbocycles. The Balaban J connectivity index is 2.71. The molecule has 9 heteroatoms. The quantitative estimate of drug-likeness (QED) is 0.178. The van der Waals surface area contributed by atoms with E-state index >= 15 is 0 Å². The number of carbonyl (C=O) groups excluding carboxylic acids is 1. The zero-order valence-electron chi connectivity index (χ0n) is 9.14. The molecule has 0 unspecified atom stereocenters. The highest BCUT2D eigenvalue weighted by molar-refractivity contribution is 6.29. The number of halogens is 1. The third-order valence-electron chi connectivity index (χ3n) is 1.78. The van der Waals surface area contributed by atoms with Crippen molar-refractivity contribution in [2.24, 2.45) is 5.73 Å². The minimum Gasteiger partial charge on any atom is -0.325 e. The molecule has 0 aliphatic heterocycles. The smallest absolute Gasteiger partial charge is 0.325 e. The maximum absolute atomic E-state index is 11.0. The number of nitrogens with one attached hydrogen (secondary N) is 3. The molecule has 0 saturated carbocycles. The summed E-state index contributed by atoms with van der Waals surface area (Å²) in [6.45, 7) is 0. The first-order chi connectivity index (χ1) is 8.51. The largest absolute Gasteiger partial charge is 0.408 e. The van der Waals surface area contributed by atoms with E-state index in [1.165, 1.54) is 0 Å². The average molecular weight is 273 g/mol. The fraction of sp³-hybridized carbons (Fsp3) is 0.111. The Bertz CT molecular complexity index is 474. The second-order valence-electron chi connectivity index (χ2n) is 3.17. The molecule has 18 heavy (non-hydrogen) atoms. The number of nitrogens with zero attached hydrogens (tertiary/aromatic N) is 1. The molecule has 0 bridgehead atoms. The molecular formula is C9H11ClN5O3+. The Morgan fingerprint density at radius 2 is 2.06 bits per heavy atom. The zero-order chi connectivity index (χ0) is 13.5. The SMILES string of the molecule is NC(N[N+](=O)[O-])=[NH+]c1ccc(NC(=O)CCl)cc1. The molecular weight excluding hydrogens is 262 g/mol. The maximum Gasteiger partial charge on any atom is 0.408 e. The first-order valence-corrected chi connectivity index (χ1v) is 5.31. The first-order valence-electron chi connectivity index (χ1n) is 4.77. The van der Waals surface area contributed by atoms with Gasteiger partial charge >= 0.3 is 5.96 Å².